The van der Waals surface area contributed by atoms with E-state index in [4.69, 9.17) is 11.6 Å². The average molecular weight is 374 g/mol. The highest BCUT2D eigenvalue weighted by molar-refractivity contribution is 9.10. The van der Waals surface area contributed by atoms with Crippen LogP contribution in [0.3, 0.4) is 0 Å². The number of rotatable bonds is 3. The van der Waals surface area contributed by atoms with Crippen molar-refractivity contribution in [2.75, 3.05) is 0 Å². The van der Waals surface area contributed by atoms with Gasteiger partial charge in [0.1, 0.15) is 4.47 Å². The van der Waals surface area contributed by atoms with Gasteiger partial charge in [0, 0.05) is 11.8 Å². The van der Waals surface area contributed by atoms with Crippen LogP contribution in [0.2, 0.25) is 5.15 Å². The molecule has 0 aliphatic carbocycles. The molecule has 9 heteroatoms. The number of hydrogen-bond acceptors (Lipinski definition) is 5. The summed E-state index contributed by atoms with van der Waals surface area (Å²) in [5.74, 6) is 0. The fourth-order valence-corrected chi connectivity index (χ4v) is 2.38. The number of nitrogens with zero attached hydrogens (tertiary/aromatic N) is 4. The third-order valence-electron chi connectivity index (χ3n) is 3.02. The molecule has 7 nitrogen and oxygen atoms in total. The van der Waals surface area contributed by atoms with Gasteiger partial charge in [0.05, 0.1) is 29.1 Å². The van der Waals surface area contributed by atoms with Gasteiger partial charge in [-0.3, -0.25) is 24.5 Å². The molecule has 0 N–H and O–H groups in total. The standard InChI is InChI=1S/C12H10BrClN4O3/c1-6-3-15-8(7(2)10(6)18(20)21)4-17-5-16-11(14)9(13)12(17)19/h3,5H,4H2,1-2H3. The minimum atomic E-state index is -0.450. The second-order valence-electron chi connectivity index (χ2n) is 4.40. The van der Waals surface area contributed by atoms with E-state index in [9.17, 15) is 14.9 Å². The first-order valence-corrected chi connectivity index (χ1v) is 7.00. The Morgan fingerprint density at radius 3 is 2.71 bits per heavy atom. The molecule has 0 aliphatic heterocycles. The zero-order valence-corrected chi connectivity index (χ0v) is 13.5. The molecule has 21 heavy (non-hydrogen) atoms. The zero-order chi connectivity index (χ0) is 15.7. The predicted molar refractivity (Wildman–Crippen MR) is 80.7 cm³/mol. The Morgan fingerprint density at radius 1 is 1.43 bits per heavy atom. The molecule has 0 amide bonds. The molecule has 2 heterocycles. The maximum absolute atomic E-state index is 12.0. The van der Waals surface area contributed by atoms with Gasteiger partial charge in [0.25, 0.3) is 11.2 Å². The molecule has 0 atom stereocenters. The molecule has 0 aliphatic rings. The van der Waals surface area contributed by atoms with Gasteiger partial charge in [0.15, 0.2) is 5.15 Å². The fourth-order valence-electron chi connectivity index (χ4n) is 1.92. The van der Waals surface area contributed by atoms with Crippen molar-refractivity contribution in [3.63, 3.8) is 0 Å². The quantitative estimate of drug-likeness (QED) is 0.468. The maximum Gasteiger partial charge on any atom is 0.278 e. The second kappa shape index (κ2) is 5.90. The smallest absolute Gasteiger partial charge is 0.278 e. The van der Waals surface area contributed by atoms with Gasteiger partial charge in [-0.15, -0.1) is 0 Å². The molecular weight excluding hydrogens is 364 g/mol. The largest absolute Gasteiger partial charge is 0.292 e. The number of halogens is 2. The third kappa shape index (κ3) is 2.96. The van der Waals surface area contributed by atoms with Gasteiger partial charge in [-0.2, -0.15) is 0 Å². The Bertz CT molecular complexity index is 791. The van der Waals surface area contributed by atoms with Crippen molar-refractivity contribution in [3.05, 3.63) is 59.4 Å². The molecule has 0 aromatic carbocycles. The van der Waals surface area contributed by atoms with Gasteiger partial charge in [-0.25, -0.2) is 4.98 Å². The summed E-state index contributed by atoms with van der Waals surface area (Å²) in [5, 5.41) is 11.2. The first kappa shape index (κ1) is 15.6. The van der Waals surface area contributed by atoms with Crippen LogP contribution in [0, 0.1) is 24.0 Å². The Balaban J connectivity index is 2.51. The van der Waals surface area contributed by atoms with E-state index in [1.54, 1.807) is 13.8 Å². The zero-order valence-electron chi connectivity index (χ0n) is 11.1. The van der Waals surface area contributed by atoms with Crippen molar-refractivity contribution in [2.45, 2.75) is 20.4 Å². The highest BCUT2D eigenvalue weighted by Gasteiger charge is 2.19. The second-order valence-corrected chi connectivity index (χ2v) is 5.55. The molecule has 0 bridgehead atoms. The van der Waals surface area contributed by atoms with Crippen molar-refractivity contribution >= 4 is 33.2 Å². The van der Waals surface area contributed by atoms with E-state index < -0.39 is 4.92 Å². The molecule has 0 saturated carbocycles. The van der Waals surface area contributed by atoms with Crippen LogP contribution in [0.4, 0.5) is 5.69 Å². The summed E-state index contributed by atoms with van der Waals surface area (Å²) in [5.41, 5.74) is 0.973. The van der Waals surface area contributed by atoms with Crippen LogP contribution in [0.15, 0.2) is 21.8 Å². The van der Waals surface area contributed by atoms with Crippen LogP contribution in [0.5, 0.6) is 0 Å². The van der Waals surface area contributed by atoms with Crippen molar-refractivity contribution in [2.24, 2.45) is 0 Å². The van der Waals surface area contributed by atoms with E-state index in [1.165, 1.54) is 17.1 Å². The van der Waals surface area contributed by atoms with Crippen LogP contribution in [-0.2, 0) is 6.54 Å². The maximum atomic E-state index is 12.0. The van der Waals surface area contributed by atoms with E-state index in [0.29, 0.717) is 16.8 Å². The number of pyridine rings is 1. The molecule has 2 aromatic rings. The minimum absolute atomic E-state index is 0.00837. The molecule has 0 radical (unpaired) electrons. The van der Waals surface area contributed by atoms with Crippen LogP contribution in [-0.4, -0.2) is 19.5 Å². The molecular formula is C12H10BrClN4O3. The summed E-state index contributed by atoms with van der Waals surface area (Å²) in [6, 6.07) is 0. The Kier molecular flexibility index (Phi) is 4.38. The first-order valence-electron chi connectivity index (χ1n) is 5.82. The third-order valence-corrected chi connectivity index (χ3v) is 4.25. The fraction of sp³-hybridized carbons (Fsp3) is 0.250. The lowest BCUT2D eigenvalue weighted by atomic mass is 10.1. The van der Waals surface area contributed by atoms with Gasteiger partial charge >= 0.3 is 0 Å². The van der Waals surface area contributed by atoms with E-state index in [2.05, 4.69) is 25.9 Å². The topological polar surface area (TPSA) is 90.9 Å². The molecule has 0 saturated heterocycles. The molecule has 0 fully saturated rings. The van der Waals surface area contributed by atoms with Gasteiger partial charge in [-0.1, -0.05) is 11.6 Å². The lowest BCUT2D eigenvalue weighted by Crippen LogP contribution is -2.23. The van der Waals surface area contributed by atoms with Gasteiger partial charge in [-0.05, 0) is 29.8 Å². The van der Waals surface area contributed by atoms with Crippen LogP contribution < -0.4 is 5.56 Å². The Labute approximate surface area is 132 Å². The highest BCUT2D eigenvalue weighted by atomic mass is 79.9. The summed E-state index contributed by atoms with van der Waals surface area (Å²) >= 11 is 8.79. The number of aromatic nitrogens is 3. The minimum Gasteiger partial charge on any atom is -0.292 e. The van der Waals surface area contributed by atoms with E-state index in [-0.39, 0.29) is 27.4 Å². The molecule has 0 unspecified atom stereocenters. The van der Waals surface area contributed by atoms with Crippen molar-refractivity contribution in [1.82, 2.24) is 14.5 Å². The summed E-state index contributed by atoms with van der Waals surface area (Å²) in [6.07, 6.45) is 2.70. The van der Waals surface area contributed by atoms with Crippen molar-refractivity contribution in [3.8, 4) is 0 Å². The lowest BCUT2D eigenvalue weighted by Gasteiger charge is -2.09. The number of hydrogen-bond donors (Lipinski definition) is 0. The van der Waals surface area contributed by atoms with E-state index >= 15 is 0 Å². The average Bonchev–Trinajstić information content (AvgIpc) is 2.42. The molecule has 2 rings (SSSR count). The highest BCUT2D eigenvalue weighted by Crippen LogP contribution is 2.24. The van der Waals surface area contributed by atoms with Gasteiger partial charge in [0.2, 0.25) is 0 Å². The van der Waals surface area contributed by atoms with Crippen molar-refractivity contribution in [1.29, 1.82) is 0 Å². The van der Waals surface area contributed by atoms with Crippen LogP contribution >= 0.6 is 27.5 Å². The first-order chi connectivity index (χ1) is 9.82. The van der Waals surface area contributed by atoms with E-state index in [0.717, 1.165) is 0 Å². The molecule has 0 spiro atoms. The number of aryl methyl sites for hydroxylation is 1. The lowest BCUT2D eigenvalue weighted by molar-refractivity contribution is -0.386. The molecule has 110 valence electrons. The van der Waals surface area contributed by atoms with Crippen molar-refractivity contribution < 1.29 is 4.92 Å². The van der Waals surface area contributed by atoms with Crippen LogP contribution in [0.1, 0.15) is 16.8 Å². The van der Waals surface area contributed by atoms with Crippen LogP contribution in [0.25, 0.3) is 0 Å². The predicted octanol–water partition coefficient (Wildman–Crippen LogP) is 2.63. The summed E-state index contributed by atoms with van der Waals surface area (Å²) < 4.78 is 1.43. The molecule has 2 aromatic heterocycles. The number of nitro groups is 1. The Morgan fingerprint density at radius 2 is 2.10 bits per heavy atom. The SMILES string of the molecule is Cc1cnc(Cn2cnc(Cl)c(Br)c2=O)c(C)c1[N+](=O)[O-]. The summed E-state index contributed by atoms with van der Waals surface area (Å²) in [4.78, 5) is 30.7. The monoisotopic (exact) mass is 372 g/mol. The summed E-state index contributed by atoms with van der Waals surface area (Å²) in [7, 11) is 0. The summed E-state index contributed by atoms with van der Waals surface area (Å²) in [6.45, 7) is 3.31. The van der Waals surface area contributed by atoms with Gasteiger partial charge < -0.3 is 0 Å². The Hall–Kier alpha value is -1.80. The van der Waals surface area contributed by atoms with E-state index in [1.807, 2.05) is 0 Å². The normalized spacial score (nSPS) is 10.7.